The predicted octanol–water partition coefficient (Wildman–Crippen LogP) is 3.35. The van der Waals surface area contributed by atoms with Gasteiger partial charge in [0, 0.05) is 13.6 Å². The molecular weight excluding hydrogens is 400 g/mol. The second kappa shape index (κ2) is 11.6. The van der Waals surface area contributed by atoms with Gasteiger partial charge in [0.2, 0.25) is 5.91 Å². The summed E-state index contributed by atoms with van der Waals surface area (Å²) >= 11 is 0. The number of nitrogens with one attached hydrogen (secondary N) is 1. The molecule has 174 valence electrons. The summed E-state index contributed by atoms with van der Waals surface area (Å²) in [5.41, 5.74) is 0.0260. The van der Waals surface area contributed by atoms with Gasteiger partial charge in [-0.25, -0.2) is 9.59 Å². The van der Waals surface area contributed by atoms with E-state index in [2.05, 4.69) is 5.32 Å². The predicted molar refractivity (Wildman–Crippen MR) is 118 cm³/mol. The number of carbonyl (C=O) groups is 3. The summed E-state index contributed by atoms with van der Waals surface area (Å²) in [5, 5.41) is 2.80. The third kappa shape index (κ3) is 8.86. The summed E-state index contributed by atoms with van der Waals surface area (Å²) in [5.74, 6) is -0.778. The normalized spacial score (nSPS) is 13.2. The van der Waals surface area contributed by atoms with E-state index >= 15 is 0 Å². The zero-order valence-corrected chi connectivity index (χ0v) is 19.9. The smallest absolute Gasteiger partial charge is 0.410 e. The van der Waals surface area contributed by atoms with Crippen molar-refractivity contribution in [2.24, 2.45) is 5.92 Å². The van der Waals surface area contributed by atoms with Gasteiger partial charge in [0.25, 0.3) is 0 Å². The van der Waals surface area contributed by atoms with Crippen molar-refractivity contribution in [3.05, 3.63) is 29.8 Å². The quantitative estimate of drug-likeness (QED) is 0.597. The summed E-state index contributed by atoms with van der Waals surface area (Å²) < 4.78 is 15.4. The molecule has 0 radical (unpaired) electrons. The monoisotopic (exact) mass is 436 g/mol. The van der Waals surface area contributed by atoms with Gasteiger partial charge in [-0.15, -0.1) is 0 Å². The van der Waals surface area contributed by atoms with Crippen molar-refractivity contribution in [2.45, 2.75) is 58.6 Å². The van der Waals surface area contributed by atoms with Crippen LogP contribution in [0.15, 0.2) is 24.3 Å². The first-order chi connectivity index (χ1) is 14.4. The highest BCUT2D eigenvalue weighted by atomic mass is 16.6. The zero-order chi connectivity index (χ0) is 23.8. The molecule has 0 heterocycles. The summed E-state index contributed by atoms with van der Waals surface area (Å²) in [6.45, 7) is 9.32. The van der Waals surface area contributed by atoms with E-state index in [9.17, 15) is 14.4 Å². The van der Waals surface area contributed by atoms with Crippen LogP contribution in [0, 0.1) is 5.92 Å². The van der Waals surface area contributed by atoms with Gasteiger partial charge in [-0.3, -0.25) is 4.79 Å². The molecule has 0 aliphatic heterocycles. The van der Waals surface area contributed by atoms with Crippen LogP contribution in [0.4, 0.5) is 4.79 Å². The first-order valence-corrected chi connectivity index (χ1v) is 10.3. The zero-order valence-electron chi connectivity index (χ0n) is 19.9. The van der Waals surface area contributed by atoms with Crippen molar-refractivity contribution in [3.63, 3.8) is 0 Å². The lowest BCUT2D eigenvalue weighted by atomic mass is 9.96. The van der Waals surface area contributed by atoms with E-state index in [1.165, 1.54) is 12.0 Å². The van der Waals surface area contributed by atoms with E-state index in [0.717, 1.165) is 0 Å². The summed E-state index contributed by atoms with van der Waals surface area (Å²) in [6.07, 6.45) is -0.0964. The first-order valence-electron chi connectivity index (χ1n) is 10.3. The van der Waals surface area contributed by atoms with Gasteiger partial charge < -0.3 is 24.4 Å². The largest absolute Gasteiger partial charge is 0.497 e. The molecule has 1 aromatic carbocycles. The Morgan fingerprint density at radius 3 is 2.10 bits per heavy atom. The third-order valence-electron chi connectivity index (χ3n) is 4.51. The number of rotatable bonds is 9. The molecule has 1 rings (SSSR count). The van der Waals surface area contributed by atoms with Crippen LogP contribution < -0.4 is 10.1 Å². The minimum absolute atomic E-state index is 0.0721. The first kappa shape index (κ1) is 26.3. The van der Waals surface area contributed by atoms with Crippen LogP contribution in [0.1, 0.15) is 52.5 Å². The van der Waals surface area contributed by atoms with Crippen molar-refractivity contribution < 1.29 is 28.6 Å². The minimum atomic E-state index is -0.773. The molecule has 0 aliphatic carbocycles. The van der Waals surface area contributed by atoms with E-state index < -0.39 is 29.6 Å². The summed E-state index contributed by atoms with van der Waals surface area (Å²) in [6, 6.07) is 6.25. The highest BCUT2D eigenvalue weighted by molar-refractivity contribution is 5.89. The van der Waals surface area contributed by atoms with Gasteiger partial charge in [0.15, 0.2) is 0 Å². The van der Waals surface area contributed by atoms with Gasteiger partial charge in [-0.05, 0) is 50.8 Å². The van der Waals surface area contributed by atoms with Crippen molar-refractivity contribution in [1.82, 2.24) is 10.2 Å². The number of hydrogen-bond donors (Lipinski definition) is 1. The van der Waals surface area contributed by atoms with Gasteiger partial charge in [-0.1, -0.05) is 26.0 Å². The standard InChI is InChI=1S/C23H36N2O6/c1-15(2)13-19(21(27)30-8)24-20(26)18(16-9-11-17(29-7)12-10-16)14-25(6)22(28)31-23(3,4)5/h9-12,15,18-19H,13-14H2,1-8H3,(H,24,26)/t18?,19-/m0/s1. The average molecular weight is 437 g/mol. The summed E-state index contributed by atoms with van der Waals surface area (Å²) in [7, 11) is 4.42. The number of esters is 1. The van der Waals surface area contributed by atoms with Crippen LogP contribution in [-0.2, 0) is 19.1 Å². The molecule has 0 saturated carbocycles. The number of benzene rings is 1. The Bertz CT molecular complexity index is 739. The molecule has 1 N–H and O–H groups in total. The molecule has 0 saturated heterocycles. The number of hydrogen-bond acceptors (Lipinski definition) is 6. The maximum Gasteiger partial charge on any atom is 0.410 e. The van der Waals surface area contributed by atoms with Gasteiger partial charge in [0.1, 0.15) is 17.4 Å². The number of amides is 2. The van der Waals surface area contributed by atoms with Gasteiger partial charge in [-0.2, -0.15) is 0 Å². The summed E-state index contributed by atoms with van der Waals surface area (Å²) in [4.78, 5) is 39.2. The Labute approximate surface area is 185 Å². The number of nitrogens with zero attached hydrogens (tertiary/aromatic N) is 1. The molecule has 0 aromatic heterocycles. The molecule has 0 aliphatic rings. The second-order valence-corrected chi connectivity index (χ2v) is 8.90. The molecule has 0 bridgehead atoms. The van der Waals surface area contributed by atoms with Gasteiger partial charge in [0.05, 0.1) is 20.1 Å². The van der Waals surface area contributed by atoms with Crippen LogP contribution in [-0.4, -0.2) is 62.3 Å². The Kier molecular flexibility index (Phi) is 9.81. The van der Waals surface area contributed by atoms with Crippen LogP contribution in [0.25, 0.3) is 0 Å². The fourth-order valence-electron chi connectivity index (χ4n) is 2.96. The molecule has 31 heavy (non-hydrogen) atoms. The molecule has 1 aromatic rings. The maximum absolute atomic E-state index is 13.2. The van der Waals surface area contributed by atoms with E-state index in [0.29, 0.717) is 17.7 Å². The van der Waals surface area contributed by atoms with Crippen molar-refractivity contribution in [3.8, 4) is 5.75 Å². The fraction of sp³-hybridized carbons (Fsp3) is 0.609. The van der Waals surface area contributed by atoms with E-state index in [-0.39, 0.29) is 18.4 Å². The Hall–Kier alpha value is -2.77. The van der Waals surface area contributed by atoms with E-state index in [4.69, 9.17) is 14.2 Å². The fourth-order valence-corrected chi connectivity index (χ4v) is 2.96. The second-order valence-electron chi connectivity index (χ2n) is 8.90. The molecule has 0 spiro atoms. The van der Waals surface area contributed by atoms with Gasteiger partial charge >= 0.3 is 12.1 Å². The Balaban J connectivity index is 3.14. The SMILES string of the molecule is COC(=O)[C@H](CC(C)C)NC(=O)C(CN(C)C(=O)OC(C)(C)C)c1ccc(OC)cc1. The van der Waals surface area contributed by atoms with Crippen molar-refractivity contribution >= 4 is 18.0 Å². The molecule has 2 atom stereocenters. The molecule has 0 fully saturated rings. The highest BCUT2D eigenvalue weighted by Crippen LogP contribution is 2.22. The minimum Gasteiger partial charge on any atom is -0.497 e. The topological polar surface area (TPSA) is 94.2 Å². The van der Waals surface area contributed by atoms with Crippen LogP contribution in [0.3, 0.4) is 0 Å². The molecule has 2 amide bonds. The lowest BCUT2D eigenvalue weighted by Crippen LogP contribution is -2.47. The van der Waals surface area contributed by atoms with Crippen LogP contribution in [0.2, 0.25) is 0 Å². The molecule has 8 nitrogen and oxygen atoms in total. The third-order valence-corrected chi connectivity index (χ3v) is 4.51. The van der Waals surface area contributed by atoms with E-state index in [1.54, 1.807) is 59.2 Å². The molecular formula is C23H36N2O6. The number of likely N-dealkylation sites (N-methyl/N-ethyl adjacent to an activating group) is 1. The number of methoxy groups -OCH3 is 2. The molecule has 8 heteroatoms. The van der Waals surface area contributed by atoms with E-state index in [1.807, 2.05) is 13.8 Å². The highest BCUT2D eigenvalue weighted by Gasteiger charge is 2.30. The average Bonchev–Trinajstić information content (AvgIpc) is 2.69. The van der Waals surface area contributed by atoms with Crippen LogP contribution in [0.5, 0.6) is 5.75 Å². The maximum atomic E-state index is 13.2. The Morgan fingerprint density at radius 2 is 1.65 bits per heavy atom. The van der Waals surface area contributed by atoms with Crippen molar-refractivity contribution in [1.29, 1.82) is 0 Å². The molecule has 1 unspecified atom stereocenters. The van der Waals surface area contributed by atoms with Crippen LogP contribution >= 0.6 is 0 Å². The lowest BCUT2D eigenvalue weighted by molar-refractivity contribution is -0.145. The number of ether oxygens (including phenoxy) is 3. The lowest BCUT2D eigenvalue weighted by Gasteiger charge is -2.28. The van der Waals surface area contributed by atoms with Crippen molar-refractivity contribution in [2.75, 3.05) is 27.8 Å². The number of carbonyl (C=O) groups excluding carboxylic acids is 3. The Morgan fingerprint density at radius 1 is 1.06 bits per heavy atom.